The molecule has 0 saturated carbocycles. The molecule has 9 heteroatoms. The zero-order chi connectivity index (χ0) is 20.1. The molecule has 0 aliphatic heterocycles. The number of aromatic carboxylic acids is 2. The van der Waals surface area contributed by atoms with Crippen molar-refractivity contribution in [3.05, 3.63) is 52.6 Å². The van der Waals surface area contributed by atoms with E-state index in [0.717, 1.165) is 12.1 Å². The Morgan fingerprint density at radius 3 is 2.04 bits per heavy atom. The molecule has 0 unspecified atom stereocenters. The molecule has 0 bridgehead atoms. The minimum atomic E-state index is -1.29. The van der Waals surface area contributed by atoms with E-state index in [2.05, 4.69) is 10.6 Å². The number of hydrogen-bond donors (Lipinski definition) is 4. The first-order valence-corrected chi connectivity index (χ1v) is 7.89. The molecule has 2 rings (SSSR count). The summed E-state index contributed by atoms with van der Waals surface area (Å²) in [5, 5.41) is 23.5. The van der Waals surface area contributed by atoms with E-state index in [1.54, 1.807) is 0 Å². The van der Waals surface area contributed by atoms with Gasteiger partial charge in [0.1, 0.15) is 5.82 Å². The molecule has 0 amide bonds. The van der Waals surface area contributed by atoms with Gasteiger partial charge in [-0.3, -0.25) is 0 Å². The topological polar surface area (TPSA) is 108 Å². The number of rotatable bonds is 8. The van der Waals surface area contributed by atoms with Gasteiger partial charge in [-0.15, -0.1) is 0 Å². The molecule has 0 aliphatic rings. The number of carbonyl (C=O) groups is 2. The fraction of sp³-hybridized carbons (Fsp3) is 0.222. The lowest BCUT2D eigenvalue weighted by atomic mass is 10.1. The summed E-state index contributed by atoms with van der Waals surface area (Å²) in [6, 6.07) is 4.28. The maximum absolute atomic E-state index is 14.1. The molecule has 4 N–H and O–H groups in total. The Kier molecular flexibility index (Phi) is 6.17. The van der Waals surface area contributed by atoms with Crippen LogP contribution in [0, 0.1) is 11.6 Å². The van der Waals surface area contributed by atoms with E-state index in [1.165, 1.54) is 26.2 Å². The normalized spacial score (nSPS) is 10.4. The monoisotopic (exact) mass is 380 g/mol. The van der Waals surface area contributed by atoms with E-state index < -0.39 is 23.6 Å². The van der Waals surface area contributed by atoms with Gasteiger partial charge >= 0.3 is 11.9 Å². The number of anilines is 2. The van der Waals surface area contributed by atoms with Crippen LogP contribution in [0.5, 0.6) is 5.75 Å². The van der Waals surface area contributed by atoms with Crippen molar-refractivity contribution in [1.82, 2.24) is 0 Å². The van der Waals surface area contributed by atoms with Gasteiger partial charge in [0.2, 0.25) is 0 Å². The van der Waals surface area contributed by atoms with Crippen LogP contribution in [-0.4, -0.2) is 42.9 Å². The van der Waals surface area contributed by atoms with Gasteiger partial charge in [-0.25, -0.2) is 18.4 Å². The van der Waals surface area contributed by atoms with Gasteiger partial charge in [0.05, 0.1) is 29.1 Å². The van der Waals surface area contributed by atoms with Crippen LogP contribution in [0.4, 0.5) is 20.2 Å². The molecule has 2 aromatic carbocycles. The molecule has 2 aromatic rings. The van der Waals surface area contributed by atoms with Crippen molar-refractivity contribution >= 4 is 23.3 Å². The van der Waals surface area contributed by atoms with E-state index in [0.29, 0.717) is 0 Å². The lowest BCUT2D eigenvalue weighted by Crippen LogP contribution is -2.10. The number of carboxylic acids is 2. The van der Waals surface area contributed by atoms with Crippen LogP contribution in [0.2, 0.25) is 0 Å². The summed E-state index contributed by atoms with van der Waals surface area (Å²) in [5.41, 5.74) is 0.0589. The Labute approximate surface area is 153 Å². The van der Waals surface area contributed by atoms with Crippen molar-refractivity contribution in [3.63, 3.8) is 0 Å². The Morgan fingerprint density at radius 2 is 1.48 bits per heavy atom. The number of benzene rings is 2. The van der Waals surface area contributed by atoms with E-state index in [9.17, 15) is 23.5 Å². The number of carboxylic acid groups (broad SMARTS) is 2. The van der Waals surface area contributed by atoms with Crippen LogP contribution in [0.25, 0.3) is 0 Å². The maximum atomic E-state index is 14.1. The van der Waals surface area contributed by atoms with Gasteiger partial charge in [0.15, 0.2) is 11.6 Å². The molecule has 27 heavy (non-hydrogen) atoms. The average molecular weight is 380 g/mol. The summed E-state index contributed by atoms with van der Waals surface area (Å²) in [7, 11) is 2.96. The highest BCUT2D eigenvalue weighted by Crippen LogP contribution is 2.27. The minimum absolute atomic E-state index is 0.00881. The quantitative estimate of drug-likeness (QED) is 0.557. The van der Waals surface area contributed by atoms with Crippen LogP contribution < -0.4 is 15.4 Å². The average Bonchev–Trinajstić information content (AvgIpc) is 2.63. The van der Waals surface area contributed by atoms with Crippen molar-refractivity contribution in [1.29, 1.82) is 0 Å². The molecule has 0 radical (unpaired) electrons. The van der Waals surface area contributed by atoms with Crippen LogP contribution in [0.1, 0.15) is 26.3 Å². The predicted octanol–water partition coefficient (Wildman–Crippen LogP) is 3.07. The predicted molar refractivity (Wildman–Crippen MR) is 95.0 cm³/mol. The molecular formula is C18H18F2N2O5. The van der Waals surface area contributed by atoms with E-state index in [-0.39, 0.29) is 46.8 Å². The molecular weight excluding hydrogens is 362 g/mol. The molecule has 0 aliphatic carbocycles. The van der Waals surface area contributed by atoms with Crippen LogP contribution in [0.15, 0.2) is 24.3 Å². The summed E-state index contributed by atoms with van der Waals surface area (Å²) < 4.78 is 33.4. The fourth-order valence-corrected chi connectivity index (χ4v) is 2.51. The van der Waals surface area contributed by atoms with Gasteiger partial charge in [0.25, 0.3) is 0 Å². The zero-order valence-corrected chi connectivity index (χ0v) is 14.6. The Hall–Kier alpha value is -3.36. The summed E-state index contributed by atoms with van der Waals surface area (Å²) in [5.74, 6) is -4.20. The first kappa shape index (κ1) is 20.0. The number of halogens is 2. The van der Waals surface area contributed by atoms with Gasteiger partial charge in [0, 0.05) is 26.6 Å². The van der Waals surface area contributed by atoms with Crippen molar-refractivity contribution in [2.75, 3.05) is 31.3 Å². The molecule has 144 valence electrons. The molecule has 0 spiro atoms. The second-order valence-corrected chi connectivity index (χ2v) is 5.53. The summed E-state index contributed by atoms with van der Waals surface area (Å²) >= 11 is 0. The third-order valence-electron chi connectivity index (χ3n) is 3.89. The summed E-state index contributed by atoms with van der Waals surface area (Å²) in [6.07, 6.45) is -0.00881. The molecule has 0 atom stereocenters. The highest BCUT2D eigenvalue weighted by Gasteiger charge is 2.17. The molecule has 0 fully saturated rings. The summed E-state index contributed by atoms with van der Waals surface area (Å²) in [6.45, 7) is -0.138. The first-order chi connectivity index (χ1) is 12.8. The standard InChI is InChI=1S/C18H18F2N2O5/c1-21-14-7-12(19)9(5-10(14)17(23)24)3-4-27-16-8-15(22-2)11(18(25)26)6-13(16)20/h5-8,21-22H,3-4H2,1-2H3,(H,23,24)(H,25,26). The van der Waals surface area contributed by atoms with E-state index >= 15 is 0 Å². The van der Waals surface area contributed by atoms with Gasteiger partial charge in [-0.05, 0) is 23.8 Å². The lowest BCUT2D eigenvalue weighted by molar-refractivity contribution is 0.0686. The fourth-order valence-electron chi connectivity index (χ4n) is 2.51. The Bertz CT molecular complexity index is 887. The molecule has 7 nitrogen and oxygen atoms in total. The SMILES string of the molecule is CNc1cc(OCCc2cc(C(=O)O)c(NC)cc2F)c(F)cc1C(=O)O. The van der Waals surface area contributed by atoms with Gasteiger partial charge in [-0.2, -0.15) is 0 Å². The summed E-state index contributed by atoms with van der Waals surface area (Å²) in [4.78, 5) is 22.3. The molecule has 0 aromatic heterocycles. The largest absolute Gasteiger partial charge is 0.490 e. The Morgan fingerprint density at radius 1 is 0.926 bits per heavy atom. The first-order valence-electron chi connectivity index (χ1n) is 7.89. The van der Waals surface area contributed by atoms with Crippen LogP contribution in [-0.2, 0) is 6.42 Å². The van der Waals surface area contributed by atoms with Gasteiger partial charge in [-0.1, -0.05) is 0 Å². The lowest BCUT2D eigenvalue weighted by Gasteiger charge is -2.13. The maximum Gasteiger partial charge on any atom is 0.337 e. The highest BCUT2D eigenvalue weighted by atomic mass is 19.1. The number of ether oxygens (including phenoxy) is 1. The third kappa shape index (κ3) is 4.43. The second kappa shape index (κ2) is 8.35. The molecule has 0 saturated heterocycles. The minimum Gasteiger partial charge on any atom is -0.490 e. The number of hydrogen-bond acceptors (Lipinski definition) is 5. The van der Waals surface area contributed by atoms with Gasteiger partial charge < -0.3 is 25.6 Å². The second-order valence-electron chi connectivity index (χ2n) is 5.53. The van der Waals surface area contributed by atoms with E-state index in [1.807, 2.05) is 0 Å². The number of nitrogens with one attached hydrogen (secondary N) is 2. The van der Waals surface area contributed by atoms with Crippen molar-refractivity contribution in [2.24, 2.45) is 0 Å². The molecule has 0 heterocycles. The highest BCUT2D eigenvalue weighted by molar-refractivity contribution is 5.95. The van der Waals surface area contributed by atoms with Crippen molar-refractivity contribution < 1.29 is 33.3 Å². The van der Waals surface area contributed by atoms with Crippen molar-refractivity contribution in [2.45, 2.75) is 6.42 Å². The van der Waals surface area contributed by atoms with Crippen molar-refractivity contribution in [3.8, 4) is 5.75 Å². The Balaban J connectivity index is 2.18. The third-order valence-corrected chi connectivity index (χ3v) is 3.89. The zero-order valence-electron chi connectivity index (χ0n) is 14.6. The van der Waals surface area contributed by atoms with Crippen LogP contribution in [0.3, 0.4) is 0 Å². The van der Waals surface area contributed by atoms with E-state index in [4.69, 9.17) is 9.84 Å². The van der Waals surface area contributed by atoms with Crippen LogP contribution >= 0.6 is 0 Å². The smallest absolute Gasteiger partial charge is 0.337 e.